The highest BCUT2D eigenvalue weighted by atomic mass is 35.5. The van der Waals surface area contributed by atoms with E-state index in [2.05, 4.69) is 5.32 Å². The fourth-order valence-corrected chi connectivity index (χ4v) is 1.56. The number of carbonyl (C=O) groups is 1. The van der Waals surface area contributed by atoms with Gasteiger partial charge < -0.3 is 5.32 Å². The Labute approximate surface area is 116 Å². The maximum atomic E-state index is 11.6. The van der Waals surface area contributed by atoms with Gasteiger partial charge in [0.05, 0.1) is 10.0 Å². The van der Waals surface area contributed by atoms with Crippen molar-refractivity contribution < 1.29 is 4.79 Å². The predicted molar refractivity (Wildman–Crippen MR) is 73.4 cm³/mol. The van der Waals surface area contributed by atoms with E-state index in [9.17, 15) is 4.79 Å². The molecule has 0 spiro atoms. The van der Waals surface area contributed by atoms with Gasteiger partial charge in [0.1, 0.15) is 11.6 Å². The van der Waals surface area contributed by atoms with Gasteiger partial charge in [-0.05, 0) is 30.2 Å². The lowest BCUT2D eigenvalue weighted by Crippen LogP contribution is -2.25. The summed E-state index contributed by atoms with van der Waals surface area (Å²) in [6.07, 6.45) is 2.30. The van der Waals surface area contributed by atoms with E-state index in [1.807, 2.05) is 13.0 Å². The Balaban J connectivity index is 2.94. The van der Waals surface area contributed by atoms with Crippen LogP contribution in [0.4, 0.5) is 0 Å². The average molecular weight is 283 g/mol. The maximum absolute atomic E-state index is 11.6. The Morgan fingerprint density at radius 3 is 2.72 bits per heavy atom. The van der Waals surface area contributed by atoms with Crippen LogP contribution in [0.1, 0.15) is 18.9 Å². The Bertz CT molecular complexity index is 518. The monoisotopic (exact) mass is 282 g/mol. The summed E-state index contributed by atoms with van der Waals surface area (Å²) in [4.78, 5) is 11.6. The van der Waals surface area contributed by atoms with Crippen molar-refractivity contribution in [3.63, 3.8) is 0 Å². The third-order valence-electron chi connectivity index (χ3n) is 2.16. The molecule has 0 aliphatic carbocycles. The van der Waals surface area contributed by atoms with Crippen LogP contribution >= 0.6 is 23.2 Å². The summed E-state index contributed by atoms with van der Waals surface area (Å²) in [7, 11) is 0. The van der Waals surface area contributed by atoms with E-state index in [-0.39, 0.29) is 11.5 Å². The number of hydrogen-bond acceptors (Lipinski definition) is 2. The first-order valence-electron chi connectivity index (χ1n) is 5.43. The second-order valence-corrected chi connectivity index (χ2v) is 4.41. The normalized spacial score (nSPS) is 10.9. The number of halogens is 2. The molecule has 0 aromatic heterocycles. The molecule has 0 aliphatic heterocycles. The van der Waals surface area contributed by atoms with E-state index < -0.39 is 0 Å². The van der Waals surface area contributed by atoms with Gasteiger partial charge >= 0.3 is 0 Å². The zero-order valence-electron chi connectivity index (χ0n) is 9.84. The van der Waals surface area contributed by atoms with Gasteiger partial charge in [0, 0.05) is 6.54 Å². The lowest BCUT2D eigenvalue weighted by atomic mass is 10.1. The van der Waals surface area contributed by atoms with E-state index in [4.69, 9.17) is 28.5 Å². The first kappa shape index (κ1) is 14.6. The first-order valence-corrected chi connectivity index (χ1v) is 6.19. The molecule has 1 aromatic rings. The zero-order valence-corrected chi connectivity index (χ0v) is 11.3. The molecule has 1 rings (SSSR count). The lowest BCUT2D eigenvalue weighted by molar-refractivity contribution is -0.117. The molecule has 0 radical (unpaired) electrons. The third-order valence-corrected chi connectivity index (χ3v) is 2.89. The highest BCUT2D eigenvalue weighted by Gasteiger charge is 2.08. The van der Waals surface area contributed by atoms with Crippen molar-refractivity contribution in [2.45, 2.75) is 13.3 Å². The Kier molecular flexibility index (Phi) is 5.70. The number of nitrogens with one attached hydrogen (secondary N) is 1. The number of benzene rings is 1. The number of nitriles is 1. The molecule has 18 heavy (non-hydrogen) atoms. The molecular weight excluding hydrogens is 271 g/mol. The smallest absolute Gasteiger partial charge is 0.261 e. The molecule has 1 amide bonds. The molecule has 3 nitrogen and oxygen atoms in total. The van der Waals surface area contributed by atoms with Crippen LogP contribution in [0.3, 0.4) is 0 Å². The molecule has 94 valence electrons. The van der Waals surface area contributed by atoms with Crippen LogP contribution in [0.25, 0.3) is 6.08 Å². The van der Waals surface area contributed by atoms with Crippen molar-refractivity contribution in [3.05, 3.63) is 39.4 Å². The van der Waals surface area contributed by atoms with Crippen LogP contribution in [0.2, 0.25) is 10.0 Å². The molecular formula is C13H12Cl2N2O. The van der Waals surface area contributed by atoms with E-state index in [1.54, 1.807) is 18.2 Å². The molecule has 0 aliphatic rings. The van der Waals surface area contributed by atoms with Gasteiger partial charge in [-0.3, -0.25) is 4.79 Å². The van der Waals surface area contributed by atoms with Crippen molar-refractivity contribution in [2.75, 3.05) is 6.54 Å². The van der Waals surface area contributed by atoms with E-state index in [0.717, 1.165) is 6.42 Å². The highest BCUT2D eigenvalue weighted by Crippen LogP contribution is 2.23. The Morgan fingerprint density at radius 2 is 2.17 bits per heavy atom. The second-order valence-electron chi connectivity index (χ2n) is 3.60. The van der Waals surface area contributed by atoms with E-state index in [0.29, 0.717) is 22.2 Å². The summed E-state index contributed by atoms with van der Waals surface area (Å²) in [6.45, 7) is 2.48. The van der Waals surface area contributed by atoms with E-state index >= 15 is 0 Å². The third kappa shape index (κ3) is 4.06. The average Bonchev–Trinajstić information content (AvgIpc) is 2.37. The molecule has 0 atom stereocenters. The summed E-state index contributed by atoms with van der Waals surface area (Å²) in [5.41, 5.74) is 0.703. The van der Waals surface area contributed by atoms with Gasteiger partial charge in [-0.1, -0.05) is 36.2 Å². The number of carbonyl (C=O) groups excluding carboxylic acids is 1. The molecule has 0 unspecified atom stereocenters. The largest absolute Gasteiger partial charge is 0.351 e. The summed E-state index contributed by atoms with van der Waals surface area (Å²) in [6, 6.07) is 6.78. The zero-order chi connectivity index (χ0) is 13.5. The number of hydrogen-bond donors (Lipinski definition) is 1. The van der Waals surface area contributed by atoms with Crippen molar-refractivity contribution >= 4 is 35.2 Å². The summed E-state index contributed by atoms with van der Waals surface area (Å²) >= 11 is 11.6. The molecule has 5 heteroatoms. The van der Waals surface area contributed by atoms with Gasteiger partial charge in [0.15, 0.2) is 0 Å². The second kappa shape index (κ2) is 7.05. The minimum Gasteiger partial charge on any atom is -0.351 e. The van der Waals surface area contributed by atoms with Gasteiger partial charge in [-0.25, -0.2) is 0 Å². The van der Waals surface area contributed by atoms with Crippen LogP contribution in [0.5, 0.6) is 0 Å². The van der Waals surface area contributed by atoms with Crippen LogP contribution in [-0.4, -0.2) is 12.5 Å². The fourth-order valence-electron chi connectivity index (χ4n) is 1.25. The van der Waals surface area contributed by atoms with E-state index in [1.165, 1.54) is 6.08 Å². The standard InChI is InChI=1S/C13H12Cl2N2O/c1-2-5-17-13(18)10(8-16)6-9-3-4-11(14)12(15)7-9/h3-4,6-7H,2,5H2,1H3,(H,17,18)/b10-6-. The quantitative estimate of drug-likeness (QED) is 0.680. The molecule has 0 fully saturated rings. The van der Waals surface area contributed by atoms with Gasteiger partial charge in [-0.2, -0.15) is 5.26 Å². The molecule has 0 bridgehead atoms. The van der Waals surface area contributed by atoms with Gasteiger partial charge in [0.25, 0.3) is 5.91 Å². The van der Waals surface area contributed by atoms with Crippen LogP contribution in [-0.2, 0) is 4.79 Å². The summed E-state index contributed by atoms with van der Waals surface area (Å²) in [5, 5.41) is 12.4. The molecule has 1 aromatic carbocycles. The van der Waals surface area contributed by atoms with Crippen molar-refractivity contribution in [1.82, 2.24) is 5.32 Å². The van der Waals surface area contributed by atoms with Gasteiger partial charge in [-0.15, -0.1) is 0 Å². The minimum atomic E-state index is -0.384. The molecule has 0 heterocycles. The molecule has 1 N–H and O–H groups in total. The summed E-state index contributed by atoms with van der Waals surface area (Å²) in [5.74, 6) is -0.384. The Hall–Kier alpha value is -1.50. The molecule has 0 saturated heterocycles. The number of rotatable bonds is 4. The van der Waals surface area contributed by atoms with Crippen molar-refractivity contribution in [2.24, 2.45) is 0 Å². The minimum absolute atomic E-state index is 0.0434. The maximum Gasteiger partial charge on any atom is 0.261 e. The fraction of sp³-hybridized carbons (Fsp3) is 0.231. The van der Waals surface area contributed by atoms with Crippen LogP contribution < -0.4 is 5.32 Å². The van der Waals surface area contributed by atoms with Crippen LogP contribution in [0.15, 0.2) is 23.8 Å². The van der Waals surface area contributed by atoms with Gasteiger partial charge in [0.2, 0.25) is 0 Å². The first-order chi connectivity index (χ1) is 8.58. The van der Waals surface area contributed by atoms with Crippen molar-refractivity contribution in [1.29, 1.82) is 5.26 Å². The Morgan fingerprint density at radius 1 is 1.44 bits per heavy atom. The molecule has 0 saturated carbocycles. The lowest BCUT2D eigenvalue weighted by Gasteiger charge is -2.02. The van der Waals surface area contributed by atoms with Crippen LogP contribution in [0, 0.1) is 11.3 Å². The highest BCUT2D eigenvalue weighted by molar-refractivity contribution is 6.42. The number of amides is 1. The SMILES string of the molecule is CCCNC(=O)/C(C#N)=C\c1ccc(Cl)c(Cl)c1. The number of nitrogens with zero attached hydrogens (tertiary/aromatic N) is 1. The summed E-state index contributed by atoms with van der Waals surface area (Å²) < 4.78 is 0. The predicted octanol–water partition coefficient (Wildman–Crippen LogP) is 3.43. The van der Waals surface area contributed by atoms with Crippen molar-refractivity contribution in [3.8, 4) is 6.07 Å². The topological polar surface area (TPSA) is 52.9 Å².